The van der Waals surface area contributed by atoms with Crippen LogP contribution in [-0.4, -0.2) is 42.8 Å². The first kappa shape index (κ1) is 12.9. The van der Waals surface area contributed by atoms with Crippen LogP contribution in [0.4, 0.5) is 4.79 Å². The van der Waals surface area contributed by atoms with Gasteiger partial charge in [0.25, 0.3) is 0 Å². The van der Waals surface area contributed by atoms with Crippen molar-refractivity contribution in [3.05, 3.63) is 0 Å². The van der Waals surface area contributed by atoms with Crippen LogP contribution in [0, 0.1) is 0 Å². The monoisotopic (exact) mass is 203 g/mol. The summed E-state index contributed by atoms with van der Waals surface area (Å²) in [6.07, 6.45) is -0.523. The smallest absolute Gasteiger partial charge is 0.321 e. The Kier molecular flexibility index (Phi) is 5.82. The molecule has 82 valence electrons. The summed E-state index contributed by atoms with van der Waals surface area (Å²) in [5.41, 5.74) is 0. The SMILES string of the molecule is CNC(=O)NC(=O)C(C)NCC(C)O. The average Bonchev–Trinajstić information content (AvgIpc) is 2.13. The summed E-state index contributed by atoms with van der Waals surface area (Å²) in [5.74, 6) is -0.426. The Morgan fingerprint density at radius 1 is 1.36 bits per heavy atom. The fourth-order valence-corrected chi connectivity index (χ4v) is 0.723. The molecule has 0 spiro atoms. The molecule has 6 nitrogen and oxygen atoms in total. The van der Waals surface area contributed by atoms with Crippen molar-refractivity contribution in [2.75, 3.05) is 13.6 Å². The second-order valence-electron chi connectivity index (χ2n) is 3.05. The molecule has 0 saturated carbocycles. The number of hydrogen-bond donors (Lipinski definition) is 4. The van der Waals surface area contributed by atoms with Crippen molar-refractivity contribution in [2.45, 2.75) is 26.0 Å². The first-order valence-electron chi connectivity index (χ1n) is 4.41. The van der Waals surface area contributed by atoms with E-state index in [0.717, 1.165) is 0 Å². The molecule has 2 unspecified atom stereocenters. The fraction of sp³-hybridized carbons (Fsp3) is 0.750. The number of amides is 3. The van der Waals surface area contributed by atoms with Crippen LogP contribution in [0.25, 0.3) is 0 Å². The number of aliphatic hydroxyl groups is 1. The summed E-state index contributed by atoms with van der Waals surface area (Å²) in [6, 6.07) is -1.05. The summed E-state index contributed by atoms with van der Waals surface area (Å²) in [6.45, 7) is 3.53. The summed E-state index contributed by atoms with van der Waals surface area (Å²) < 4.78 is 0. The zero-order chi connectivity index (χ0) is 11.1. The molecule has 0 aliphatic heterocycles. The Morgan fingerprint density at radius 2 is 1.93 bits per heavy atom. The molecule has 0 heterocycles. The summed E-state index contributed by atoms with van der Waals surface area (Å²) in [4.78, 5) is 22.0. The van der Waals surface area contributed by atoms with Crippen molar-refractivity contribution in [1.29, 1.82) is 0 Å². The van der Waals surface area contributed by atoms with Crippen molar-refractivity contribution in [3.63, 3.8) is 0 Å². The Hall–Kier alpha value is -1.14. The van der Waals surface area contributed by atoms with Gasteiger partial charge in [-0.3, -0.25) is 10.1 Å². The Balaban J connectivity index is 3.82. The number of nitrogens with one attached hydrogen (secondary N) is 3. The van der Waals surface area contributed by atoms with Gasteiger partial charge in [-0.25, -0.2) is 4.79 Å². The zero-order valence-corrected chi connectivity index (χ0v) is 8.63. The Morgan fingerprint density at radius 3 is 2.36 bits per heavy atom. The third-order valence-electron chi connectivity index (χ3n) is 1.58. The van der Waals surface area contributed by atoms with Gasteiger partial charge in [0.2, 0.25) is 5.91 Å². The minimum absolute atomic E-state index is 0.308. The van der Waals surface area contributed by atoms with Crippen LogP contribution in [-0.2, 0) is 4.79 Å². The van der Waals surface area contributed by atoms with Gasteiger partial charge in [-0.15, -0.1) is 0 Å². The quantitative estimate of drug-likeness (QED) is 0.462. The second-order valence-corrected chi connectivity index (χ2v) is 3.05. The first-order chi connectivity index (χ1) is 6.47. The van der Waals surface area contributed by atoms with E-state index in [4.69, 9.17) is 5.11 Å². The molecule has 0 rings (SSSR count). The second kappa shape index (κ2) is 6.33. The molecule has 0 fully saturated rings. The largest absolute Gasteiger partial charge is 0.392 e. The molecule has 0 aromatic heterocycles. The van der Waals surface area contributed by atoms with Gasteiger partial charge in [0.15, 0.2) is 0 Å². The minimum Gasteiger partial charge on any atom is -0.392 e. The van der Waals surface area contributed by atoms with Gasteiger partial charge in [0.1, 0.15) is 0 Å². The molecule has 0 aliphatic rings. The van der Waals surface area contributed by atoms with Crippen LogP contribution in [0.1, 0.15) is 13.8 Å². The van der Waals surface area contributed by atoms with Crippen LogP contribution in [0.2, 0.25) is 0 Å². The Labute approximate surface area is 83.1 Å². The molecule has 6 heteroatoms. The molecule has 0 aromatic rings. The van der Waals surface area contributed by atoms with Gasteiger partial charge in [0.05, 0.1) is 12.1 Å². The van der Waals surface area contributed by atoms with E-state index in [1.54, 1.807) is 13.8 Å². The molecular weight excluding hydrogens is 186 g/mol. The van der Waals surface area contributed by atoms with Gasteiger partial charge in [-0.05, 0) is 13.8 Å². The summed E-state index contributed by atoms with van der Waals surface area (Å²) >= 11 is 0. The lowest BCUT2D eigenvalue weighted by atomic mass is 10.3. The molecule has 0 radical (unpaired) electrons. The maximum atomic E-state index is 11.2. The van der Waals surface area contributed by atoms with Crippen LogP contribution in [0.5, 0.6) is 0 Å². The number of aliphatic hydroxyl groups excluding tert-OH is 1. The van der Waals surface area contributed by atoms with Crippen molar-refractivity contribution < 1.29 is 14.7 Å². The molecule has 4 N–H and O–H groups in total. The minimum atomic E-state index is -0.541. The van der Waals surface area contributed by atoms with Gasteiger partial charge in [-0.1, -0.05) is 0 Å². The van der Waals surface area contributed by atoms with Crippen LogP contribution < -0.4 is 16.0 Å². The third-order valence-corrected chi connectivity index (χ3v) is 1.58. The Bertz CT molecular complexity index is 206. The lowest BCUT2D eigenvalue weighted by Gasteiger charge is -2.14. The van der Waals surface area contributed by atoms with E-state index in [9.17, 15) is 9.59 Å². The number of hydrogen-bond acceptors (Lipinski definition) is 4. The highest BCUT2D eigenvalue weighted by Crippen LogP contribution is 1.83. The highest BCUT2D eigenvalue weighted by Gasteiger charge is 2.14. The lowest BCUT2D eigenvalue weighted by Crippen LogP contribution is -2.48. The highest BCUT2D eigenvalue weighted by molar-refractivity contribution is 5.96. The molecule has 0 saturated heterocycles. The maximum Gasteiger partial charge on any atom is 0.321 e. The lowest BCUT2D eigenvalue weighted by molar-refractivity contribution is -0.121. The van der Waals surface area contributed by atoms with E-state index in [2.05, 4.69) is 16.0 Å². The summed E-state index contributed by atoms with van der Waals surface area (Å²) in [7, 11) is 1.43. The molecule has 3 amide bonds. The van der Waals surface area contributed by atoms with E-state index in [1.165, 1.54) is 7.05 Å². The van der Waals surface area contributed by atoms with Gasteiger partial charge < -0.3 is 15.7 Å². The number of rotatable bonds is 4. The molecule has 2 atom stereocenters. The predicted octanol–water partition coefficient (Wildman–Crippen LogP) is -1.20. The van der Waals surface area contributed by atoms with E-state index >= 15 is 0 Å². The number of urea groups is 1. The van der Waals surface area contributed by atoms with E-state index in [1.807, 2.05) is 0 Å². The number of carbonyl (C=O) groups excluding carboxylic acids is 2. The molecule has 14 heavy (non-hydrogen) atoms. The predicted molar refractivity (Wildman–Crippen MR) is 51.7 cm³/mol. The van der Waals surface area contributed by atoms with Crippen LogP contribution in [0.3, 0.4) is 0 Å². The average molecular weight is 203 g/mol. The van der Waals surface area contributed by atoms with E-state index in [0.29, 0.717) is 6.54 Å². The van der Waals surface area contributed by atoms with Gasteiger partial charge in [0, 0.05) is 13.6 Å². The van der Waals surface area contributed by atoms with Crippen molar-refractivity contribution in [3.8, 4) is 0 Å². The van der Waals surface area contributed by atoms with Gasteiger partial charge in [-0.2, -0.15) is 0 Å². The van der Waals surface area contributed by atoms with Crippen LogP contribution >= 0.6 is 0 Å². The van der Waals surface area contributed by atoms with E-state index < -0.39 is 24.1 Å². The van der Waals surface area contributed by atoms with Gasteiger partial charge >= 0.3 is 6.03 Å². The molecule has 0 aromatic carbocycles. The number of imide groups is 1. The maximum absolute atomic E-state index is 11.2. The fourth-order valence-electron chi connectivity index (χ4n) is 0.723. The van der Waals surface area contributed by atoms with Crippen molar-refractivity contribution in [2.24, 2.45) is 0 Å². The molecule has 0 bridgehead atoms. The van der Waals surface area contributed by atoms with Crippen molar-refractivity contribution in [1.82, 2.24) is 16.0 Å². The van der Waals surface area contributed by atoms with E-state index in [-0.39, 0.29) is 0 Å². The first-order valence-corrected chi connectivity index (χ1v) is 4.41. The normalized spacial score (nSPS) is 14.3. The van der Waals surface area contributed by atoms with Crippen LogP contribution in [0.15, 0.2) is 0 Å². The molecular formula is C8H17N3O3. The highest BCUT2D eigenvalue weighted by atomic mass is 16.3. The third kappa shape index (κ3) is 5.50. The number of carbonyl (C=O) groups is 2. The topological polar surface area (TPSA) is 90.5 Å². The van der Waals surface area contributed by atoms with Crippen molar-refractivity contribution >= 4 is 11.9 Å². The standard InChI is InChI=1S/C8H17N3O3/c1-5(12)4-10-6(2)7(13)11-8(14)9-3/h5-6,10,12H,4H2,1-3H3,(H2,9,11,13,14). The zero-order valence-electron chi connectivity index (χ0n) is 8.63. The molecule has 0 aliphatic carbocycles. The summed E-state index contributed by atoms with van der Waals surface area (Å²) in [5, 5.41) is 16.1.